The molecule has 2 rings (SSSR count). The van der Waals surface area contributed by atoms with E-state index in [1.807, 2.05) is 0 Å². The molecule has 21 heavy (non-hydrogen) atoms. The summed E-state index contributed by atoms with van der Waals surface area (Å²) in [6.45, 7) is -3.00. The highest BCUT2D eigenvalue weighted by Gasteiger charge is 2.22. The van der Waals surface area contributed by atoms with Crippen molar-refractivity contribution in [3.05, 3.63) is 35.4 Å². The van der Waals surface area contributed by atoms with E-state index in [9.17, 15) is 22.4 Å². The number of alkyl halides is 2. The average Bonchev–Trinajstić information content (AvgIpc) is 2.42. The first-order valence-electron chi connectivity index (χ1n) is 5.99. The van der Waals surface area contributed by atoms with Crippen LogP contribution in [-0.4, -0.2) is 35.8 Å². The van der Waals surface area contributed by atoms with E-state index >= 15 is 0 Å². The molecular weight excluding hydrogens is 294 g/mol. The molecule has 1 aromatic carbocycles. The summed E-state index contributed by atoms with van der Waals surface area (Å²) in [5.41, 5.74) is 0.432. The van der Waals surface area contributed by atoms with E-state index in [0.717, 1.165) is 11.0 Å². The Morgan fingerprint density at radius 2 is 1.95 bits per heavy atom. The van der Waals surface area contributed by atoms with Gasteiger partial charge in [0.1, 0.15) is 5.75 Å². The quantitative estimate of drug-likeness (QED) is 0.871. The SMILES string of the molecule is O=C(O)N1CC=C(c2cc(F)c(F)cc2OC(F)F)CC1. The molecule has 4 nitrogen and oxygen atoms in total. The highest BCUT2D eigenvalue weighted by Crippen LogP contribution is 2.33. The molecule has 0 spiro atoms. The normalized spacial score (nSPS) is 15.1. The molecule has 0 unspecified atom stereocenters. The molecule has 0 saturated heterocycles. The van der Waals surface area contributed by atoms with Crippen molar-refractivity contribution < 1.29 is 32.2 Å². The van der Waals surface area contributed by atoms with Crippen LogP contribution in [0, 0.1) is 11.6 Å². The predicted octanol–water partition coefficient (Wildman–Crippen LogP) is 3.33. The van der Waals surface area contributed by atoms with E-state index in [4.69, 9.17) is 5.11 Å². The molecule has 1 amide bonds. The van der Waals surface area contributed by atoms with Crippen molar-refractivity contribution in [3.63, 3.8) is 0 Å². The van der Waals surface area contributed by atoms with Crippen molar-refractivity contribution in [2.24, 2.45) is 0 Å². The fourth-order valence-corrected chi connectivity index (χ4v) is 2.06. The number of ether oxygens (including phenoxy) is 1. The van der Waals surface area contributed by atoms with Crippen molar-refractivity contribution in [2.45, 2.75) is 13.0 Å². The molecule has 0 atom stereocenters. The molecular formula is C13H11F4NO3. The van der Waals surface area contributed by atoms with Crippen molar-refractivity contribution in [1.82, 2.24) is 4.90 Å². The number of hydrogen-bond acceptors (Lipinski definition) is 2. The van der Waals surface area contributed by atoms with Gasteiger partial charge < -0.3 is 14.7 Å². The van der Waals surface area contributed by atoms with Gasteiger partial charge in [0.05, 0.1) is 0 Å². The summed E-state index contributed by atoms with van der Waals surface area (Å²) in [7, 11) is 0. The zero-order chi connectivity index (χ0) is 15.6. The predicted molar refractivity (Wildman–Crippen MR) is 65.2 cm³/mol. The van der Waals surface area contributed by atoms with Crippen molar-refractivity contribution in [2.75, 3.05) is 13.1 Å². The first-order chi connectivity index (χ1) is 9.88. The van der Waals surface area contributed by atoms with Crippen LogP contribution in [0.15, 0.2) is 18.2 Å². The van der Waals surface area contributed by atoms with Gasteiger partial charge in [0, 0.05) is 24.7 Å². The van der Waals surface area contributed by atoms with Gasteiger partial charge in [0.2, 0.25) is 0 Å². The standard InChI is InChI=1S/C13H11F4NO3/c14-9-5-8(11(6-10(9)15)21-12(16)17)7-1-3-18(4-2-7)13(19)20/h1,5-6,12H,2-4H2,(H,19,20). The van der Waals surface area contributed by atoms with Crippen LogP contribution in [-0.2, 0) is 0 Å². The number of carboxylic acid groups (broad SMARTS) is 1. The monoisotopic (exact) mass is 305 g/mol. The lowest BCUT2D eigenvalue weighted by molar-refractivity contribution is -0.0502. The van der Waals surface area contributed by atoms with Crippen LogP contribution in [0.1, 0.15) is 12.0 Å². The second-order valence-corrected chi connectivity index (χ2v) is 4.35. The number of rotatable bonds is 3. The molecule has 0 bridgehead atoms. The summed E-state index contributed by atoms with van der Waals surface area (Å²) in [6, 6.07) is 1.33. The number of halogens is 4. The molecule has 1 heterocycles. The van der Waals surface area contributed by atoms with E-state index in [-0.39, 0.29) is 25.1 Å². The Bertz CT molecular complexity index is 589. The average molecular weight is 305 g/mol. The molecule has 0 aliphatic carbocycles. The van der Waals surface area contributed by atoms with E-state index < -0.39 is 30.1 Å². The van der Waals surface area contributed by atoms with E-state index in [2.05, 4.69) is 4.74 Å². The zero-order valence-corrected chi connectivity index (χ0v) is 10.7. The first kappa shape index (κ1) is 15.1. The minimum atomic E-state index is -3.17. The second-order valence-electron chi connectivity index (χ2n) is 4.35. The Labute approximate surface area is 117 Å². The Hall–Kier alpha value is -2.25. The van der Waals surface area contributed by atoms with Gasteiger partial charge in [-0.05, 0) is 18.1 Å². The topological polar surface area (TPSA) is 49.8 Å². The molecule has 0 radical (unpaired) electrons. The third-order valence-corrected chi connectivity index (χ3v) is 3.06. The van der Waals surface area contributed by atoms with Crippen molar-refractivity contribution in [3.8, 4) is 5.75 Å². The third kappa shape index (κ3) is 3.45. The van der Waals surface area contributed by atoms with Crippen LogP contribution in [0.3, 0.4) is 0 Å². The molecule has 0 saturated carbocycles. The summed E-state index contributed by atoms with van der Waals surface area (Å²) in [4.78, 5) is 11.9. The summed E-state index contributed by atoms with van der Waals surface area (Å²) < 4.78 is 55.3. The van der Waals surface area contributed by atoms with Gasteiger partial charge in [0.25, 0.3) is 0 Å². The maximum Gasteiger partial charge on any atom is 0.407 e. The summed E-state index contributed by atoms with van der Waals surface area (Å²) in [5, 5.41) is 8.81. The molecule has 8 heteroatoms. The van der Waals surface area contributed by atoms with Gasteiger partial charge >= 0.3 is 12.7 Å². The van der Waals surface area contributed by atoms with Crippen LogP contribution < -0.4 is 4.74 Å². The molecule has 1 aromatic rings. The van der Waals surface area contributed by atoms with E-state index in [1.165, 1.54) is 6.08 Å². The van der Waals surface area contributed by atoms with Crippen molar-refractivity contribution >= 4 is 11.7 Å². The minimum Gasteiger partial charge on any atom is -0.465 e. The van der Waals surface area contributed by atoms with Gasteiger partial charge in [0.15, 0.2) is 11.6 Å². The van der Waals surface area contributed by atoms with Crippen LogP contribution in [0.2, 0.25) is 0 Å². The summed E-state index contributed by atoms with van der Waals surface area (Å²) >= 11 is 0. The molecule has 0 aromatic heterocycles. The zero-order valence-electron chi connectivity index (χ0n) is 10.7. The number of carbonyl (C=O) groups is 1. The van der Waals surface area contributed by atoms with Gasteiger partial charge in [-0.1, -0.05) is 6.08 Å². The third-order valence-electron chi connectivity index (χ3n) is 3.06. The summed E-state index contributed by atoms with van der Waals surface area (Å²) in [6.07, 6.45) is 0.541. The lowest BCUT2D eigenvalue weighted by atomic mass is 9.98. The lowest BCUT2D eigenvalue weighted by Crippen LogP contribution is -2.33. The van der Waals surface area contributed by atoms with Gasteiger partial charge in [-0.3, -0.25) is 0 Å². The Morgan fingerprint density at radius 1 is 1.29 bits per heavy atom. The number of hydrogen-bond donors (Lipinski definition) is 1. The molecule has 0 fully saturated rings. The fourth-order valence-electron chi connectivity index (χ4n) is 2.06. The molecule has 114 valence electrons. The van der Waals surface area contributed by atoms with Crippen LogP contribution in [0.4, 0.5) is 22.4 Å². The molecule has 1 N–H and O–H groups in total. The number of nitrogens with zero attached hydrogens (tertiary/aromatic N) is 1. The van der Waals surface area contributed by atoms with Gasteiger partial charge in [-0.2, -0.15) is 8.78 Å². The highest BCUT2D eigenvalue weighted by molar-refractivity contribution is 5.74. The van der Waals surface area contributed by atoms with Crippen LogP contribution >= 0.6 is 0 Å². The maximum atomic E-state index is 13.3. The van der Waals surface area contributed by atoms with Crippen molar-refractivity contribution in [1.29, 1.82) is 0 Å². The second kappa shape index (κ2) is 6.02. The van der Waals surface area contributed by atoms with E-state index in [1.54, 1.807) is 0 Å². The number of amides is 1. The number of benzene rings is 1. The van der Waals surface area contributed by atoms with E-state index in [0.29, 0.717) is 11.6 Å². The van der Waals surface area contributed by atoms with Crippen LogP contribution in [0.5, 0.6) is 5.75 Å². The van der Waals surface area contributed by atoms with Gasteiger partial charge in [-0.25, -0.2) is 13.6 Å². The first-order valence-corrected chi connectivity index (χ1v) is 5.99. The lowest BCUT2D eigenvalue weighted by Gasteiger charge is -2.24. The smallest absolute Gasteiger partial charge is 0.407 e. The maximum absolute atomic E-state index is 13.3. The summed E-state index contributed by atoms with van der Waals surface area (Å²) in [5.74, 6) is -2.95. The largest absolute Gasteiger partial charge is 0.465 e. The van der Waals surface area contributed by atoms with Gasteiger partial charge in [-0.15, -0.1) is 0 Å². The highest BCUT2D eigenvalue weighted by atomic mass is 19.3. The molecule has 1 aliphatic rings. The molecule has 1 aliphatic heterocycles. The van der Waals surface area contributed by atoms with Crippen LogP contribution in [0.25, 0.3) is 5.57 Å². The Balaban J connectivity index is 2.34. The Morgan fingerprint density at radius 3 is 2.48 bits per heavy atom. The fraction of sp³-hybridized carbons (Fsp3) is 0.308. The Kier molecular flexibility index (Phi) is 4.35. The minimum absolute atomic E-state index is 0.000705.